The Morgan fingerprint density at radius 3 is 0.667 bits per heavy atom. The first-order valence-electron chi connectivity index (χ1n) is 37.5. The predicted molar refractivity (Wildman–Crippen MR) is 372 cm³/mol. The molecule has 0 aromatic carbocycles. The Balaban J connectivity index is -0.00000157. The van der Waals surface area contributed by atoms with Crippen LogP contribution in [0.4, 0.5) is 13.2 Å². The number of alkyl halides is 3. The number of amides is 2. The van der Waals surface area contributed by atoms with Gasteiger partial charge in [0.25, 0.3) is 0 Å². The number of likely N-dealkylation sites (N-methyl/N-ethyl adjacent to an activating group) is 2. The van der Waals surface area contributed by atoms with Crippen molar-refractivity contribution in [3.63, 3.8) is 0 Å². The molecule has 0 aromatic rings. The molecule has 0 aromatic heterocycles. The van der Waals surface area contributed by atoms with Crippen LogP contribution >= 0.6 is 0 Å². The lowest BCUT2D eigenvalue weighted by Gasteiger charge is -2.24. The summed E-state index contributed by atoms with van der Waals surface area (Å²) in [7, 11) is 7.12. The molecule has 0 rings (SSSR count). The fraction of sp³-hybridized carbons (Fsp3) is 0.905. The molecule has 550 valence electrons. The molecule has 0 heterocycles. The highest BCUT2D eigenvalue weighted by atomic mass is 19.4. The molecule has 0 radical (unpaired) electrons. The molecular weight excluding hydrogens is 1190 g/mol. The van der Waals surface area contributed by atoms with Gasteiger partial charge in [-0.2, -0.15) is 13.2 Å². The first-order valence-corrected chi connectivity index (χ1v) is 37.5. The number of carbonyl (C=O) groups is 7. The molecular formula is C74H141F3N4O12. The third-order valence-corrected chi connectivity index (χ3v) is 16.2. The minimum absolute atomic E-state index is 0.0622. The topological polar surface area (TPSA) is 190 Å². The molecule has 0 atom stereocenters. The maximum Gasteiger partial charge on any atom is 0.471 e. The van der Waals surface area contributed by atoms with Crippen molar-refractivity contribution in [3.8, 4) is 0 Å². The zero-order valence-electron chi connectivity index (χ0n) is 60.9. The normalized spacial score (nSPS) is 11.2. The van der Waals surface area contributed by atoms with Crippen LogP contribution in [-0.4, -0.2) is 166 Å². The van der Waals surface area contributed by atoms with Crippen molar-refractivity contribution in [2.24, 2.45) is 0 Å². The van der Waals surface area contributed by atoms with Gasteiger partial charge in [-0.1, -0.05) is 285 Å². The van der Waals surface area contributed by atoms with E-state index in [-0.39, 0.29) is 70.2 Å². The van der Waals surface area contributed by atoms with E-state index in [9.17, 15) is 46.7 Å². The number of aliphatic carboxylic acids is 1. The van der Waals surface area contributed by atoms with Crippen LogP contribution in [0, 0.1) is 0 Å². The largest absolute Gasteiger partial charge is 0.480 e. The second-order valence-electron chi connectivity index (χ2n) is 26.1. The lowest BCUT2D eigenvalue weighted by Crippen LogP contribution is -2.44. The molecule has 2 amide bonds. The summed E-state index contributed by atoms with van der Waals surface area (Å²) in [6.07, 6.45) is 49.0. The van der Waals surface area contributed by atoms with Crippen LogP contribution in [0.1, 0.15) is 336 Å². The fourth-order valence-electron chi connectivity index (χ4n) is 10.6. The second kappa shape index (κ2) is 70.8. The van der Waals surface area contributed by atoms with E-state index in [1.165, 1.54) is 205 Å². The molecule has 0 saturated heterocycles. The summed E-state index contributed by atoms with van der Waals surface area (Å²) in [5, 5.41) is 8.04. The van der Waals surface area contributed by atoms with Crippen molar-refractivity contribution in [2.45, 2.75) is 342 Å². The number of carboxylic acids is 1. The third-order valence-electron chi connectivity index (χ3n) is 16.2. The van der Waals surface area contributed by atoms with Gasteiger partial charge in [0.15, 0.2) is 0 Å². The van der Waals surface area contributed by atoms with Gasteiger partial charge in [0, 0.05) is 25.7 Å². The Hall–Kier alpha value is -4.00. The fourth-order valence-corrected chi connectivity index (χ4v) is 10.6. The number of esters is 4. The quantitative estimate of drug-likeness (QED) is 0.0344. The molecule has 0 aliphatic carbocycles. The van der Waals surface area contributed by atoms with Gasteiger partial charge in [0.1, 0.15) is 26.4 Å². The number of hydrogen-bond acceptors (Lipinski definition) is 13. The molecule has 19 heteroatoms. The molecule has 16 nitrogen and oxygen atoms in total. The van der Waals surface area contributed by atoms with Gasteiger partial charge in [-0.15, -0.1) is 0 Å². The minimum atomic E-state index is -5.06. The number of ether oxygens (including phenoxy) is 4. The first-order chi connectivity index (χ1) is 44.7. The molecule has 93 heavy (non-hydrogen) atoms. The summed E-state index contributed by atoms with van der Waals surface area (Å²) < 4.78 is 60.1. The number of unbranched alkanes of at least 4 members (excludes halogenated alkanes) is 40. The van der Waals surface area contributed by atoms with Crippen LogP contribution in [0.2, 0.25) is 0 Å². The van der Waals surface area contributed by atoms with E-state index in [0.717, 1.165) is 64.2 Å². The van der Waals surface area contributed by atoms with E-state index < -0.39 is 43.1 Å². The van der Waals surface area contributed by atoms with E-state index in [1.807, 2.05) is 19.0 Å². The zero-order chi connectivity index (χ0) is 69.7. The number of carbonyl (C=O) groups excluding carboxylic acids is 6. The predicted octanol–water partition coefficient (Wildman–Crippen LogP) is 18.4. The van der Waals surface area contributed by atoms with Gasteiger partial charge in [0.05, 0.1) is 39.3 Å². The summed E-state index contributed by atoms with van der Waals surface area (Å²) in [5.41, 5.74) is 0. The maximum atomic E-state index is 13.0. The average Bonchev–Trinajstić information content (AvgIpc) is 1.18. The van der Waals surface area contributed by atoms with E-state index >= 15 is 0 Å². The van der Waals surface area contributed by atoms with E-state index in [0.29, 0.717) is 43.7 Å². The summed E-state index contributed by atoms with van der Waals surface area (Å²) in [6, 6.07) is 0. The summed E-state index contributed by atoms with van der Waals surface area (Å²) in [6.45, 7) is 8.79. The van der Waals surface area contributed by atoms with Crippen molar-refractivity contribution < 1.29 is 70.8 Å². The van der Waals surface area contributed by atoms with Gasteiger partial charge < -0.3 is 38.8 Å². The van der Waals surface area contributed by atoms with Crippen molar-refractivity contribution in [2.75, 3.05) is 93.9 Å². The van der Waals surface area contributed by atoms with E-state index in [1.54, 1.807) is 23.9 Å². The van der Waals surface area contributed by atoms with Crippen molar-refractivity contribution >= 4 is 41.7 Å². The van der Waals surface area contributed by atoms with Gasteiger partial charge in [-0.05, 0) is 53.9 Å². The lowest BCUT2D eigenvalue weighted by atomic mass is 10.1. The second-order valence-corrected chi connectivity index (χ2v) is 26.1. The van der Waals surface area contributed by atoms with Crippen LogP contribution in [-0.2, 0) is 52.5 Å². The number of halogens is 3. The highest BCUT2D eigenvalue weighted by molar-refractivity contribution is 5.82. The first kappa shape index (κ1) is 93.2. The van der Waals surface area contributed by atoms with Crippen molar-refractivity contribution in [1.82, 2.24) is 19.6 Å². The molecule has 1 N–H and O–H groups in total. The van der Waals surface area contributed by atoms with Gasteiger partial charge in [-0.25, -0.2) is 0 Å². The monoisotopic (exact) mass is 1340 g/mol. The maximum absolute atomic E-state index is 13.0. The Bertz CT molecular complexity index is 1650. The molecule has 0 spiro atoms. The van der Waals surface area contributed by atoms with Crippen molar-refractivity contribution in [3.05, 3.63) is 0 Å². The van der Waals surface area contributed by atoms with Crippen LogP contribution < -0.4 is 0 Å². The molecule has 0 unspecified atom stereocenters. The van der Waals surface area contributed by atoms with E-state index in [2.05, 4.69) is 27.7 Å². The molecule has 0 aliphatic rings. The molecule has 0 bridgehead atoms. The Morgan fingerprint density at radius 2 is 0.495 bits per heavy atom. The van der Waals surface area contributed by atoms with Gasteiger partial charge in [0.2, 0.25) is 5.91 Å². The summed E-state index contributed by atoms with van der Waals surface area (Å²) in [5.74, 6) is -4.24. The van der Waals surface area contributed by atoms with Crippen LogP contribution in [0.15, 0.2) is 0 Å². The number of rotatable bonds is 64. The Morgan fingerprint density at radius 1 is 0.301 bits per heavy atom. The number of carboxylic acid groups (broad SMARTS) is 1. The third kappa shape index (κ3) is 73.7. The number of nitrogens with zero attached hydrogens (tertiary/aromatic N) is 4. The van der Waals surface area contributed by atoms with Crippen LogP contribution in [0.25, 0.3) is 0 Å². The lowest BCUT2D eigenvalue weighted by molar-refractivity contribution is -0.187. The highest BCUT2D eigenvalue weighted by Crippen LogP contribution is 2.20. The summed E-state index contributed by atoms with van der Waals surface area (Å²) in [4.78, 5) is 88.2. The number of hydrogen-bond donors (Lipinski definition) is 1. The molecule has 0 fully saturated rings. The molecule has 0 aliphatic heterocycles. The molecule has 0 saturated carbocycles. The average molecular weight is 1340 g/mol. The minimum Gasteiger partial charge on any atom is -0.480 e. The van der Waals surface area contributed by atoms with Crippen LogP contribution in [0.3, 0.4) is 0 Å². The van der Waals surface area contributed by atoms with Gasteiger partial charge in [-0.3, -0.25) is 38.5 Å². The Labute approximate surface area is 565 Å². The zero-order valence-corrected chi connectivity index (χ0v) is 60.9. The Kier molecular flexibility index (Phi) is 70.9. The van der Waals surface area contributed by atoms with Gasteiger partial charge >= 0.3 is 41.9 Å². The van der Waals surface area contributed by atoms with Crippen molar-refractivity contribution in [1.29, 1.82) is 0 Å². The SMILES string of the molecule is CCCCCCCCCCCCCC(=O)OCCN(CCOC(=O)CCCCCCCCCCCCC)C(=O)C(F)(F)F.CCCCCCCCCCCCCC(=O)OCCN(CCOC(=O)CCCCCCCCCCCCC)C(=O)CN(C)C.CN(C)CC(=O)O. The van der Waals surface area contributed by atoms with E-state index in [4.69, 9.17) is 24.1 Å². The smallest absolute Gasteiger partial charge is 0.471 e. The summed E-state index contributed by atoms with van der Waals surface area (Å²) >= 11 is 0. The standard InChI is InChI=1S/C36H70N2O5.C34H62F3NO5.C4H9NO2/c1-5-7-9-11-13-15-17-19-21-23-25-27-35(40)42-31-29-38(34(39)33-37(3)4)30-32-43-36(41)28-26-24-22-20-18-16-14-12-10-8-6-2;1-3-5-7-9-11-13-15-17-19-21-23-25-31(39)42-29-27-38(33(41)34(35,36)37)28-30-43-32(40)26-24-22-20-18-16-14-12-10-8-6-4-2;1-5(2)3-4(6)7/h5-33H2,1-4H3;3-30H2,1-2H3;3H2,1-2H3,(H,6,7). The van der Waals surface area contributed by atoms with Crippen LogP contribution in [0.5, 0.6) is 0 Å². The highest BCUT2D eigenvalue weighted by Gasteiger charge is 2.42.